The Hall–Kier alpha value is -0.660. The number of ether oxygens (including phenoxy) is 1. The third kappa shape index (κ3) is 5.88. The van der Waals surface area contributed by atoms with Gasteiger partial charge in [0.05, 0.1) is 12.9 Å². The van der Waals surface area contributed by atoms with E-state index in [0.29, 0.717) is 18.9 Å². The molecule has 0 aliphatic carbocycles. The molecule has 1 saturated heterocycles. The standard InChI is InChI=1S/C12H24N2O4S/c1-14(10-11-5-7-13-8-6-11)19(16,17)9-3-4-12(15)18-2/h11,13H,3-10H2,1-2H3. The second-order valence-electron chi connectivity index (χ2n) is 4.97. The lowest BCUT2D eigenvalue weighted by molar-refractivity contribution is -0.140. The number of hydrogen-bond acceptors (Lipinski definition) is 5. The Labute approximate surface area is 115 Å². The van der Waals surface area contributed by atoms with Crippen molar-refractivity contribution in [2.45, 2.75) is 25.7 Å². The molecule has 0 spiro atoms. The number of nitrogens with one attached hydrogen (secondary N) is 1. The highest BCUT2D eigenvalue weighted by Gasteiger charge is 2.22. The Morgan fingerprint density at radius 2 is 2.00 bits per heavy atom. The summed E-state index contributed by atoms with van der Waals surface area (Å²) < 4.78 is 30.0. The first-order valence-corrected chi connectivity index (χ1v) is 8.28. The predicted molar refractivity (Wildman–Crippen MR) is 73.3 cm³/mol. The van der Waals surface area contributed by atoms with Crippen molar-refractivity contribution in [3.63, 3.8) is 0 Å². The first-order valence-electron chi connectivity index (χ1n) is 6.67. The molecule has 0 saturated carbocycles. The van der Waals surface area contributed by atoms with Crippen LogP contribution in [-0.4, -0.2) is 58.2 Å². The van der Waals surface area contributed by atoms with Crippen molar-refractivity contribution in [1.29, 1.82) is 0 Å². The van der Waals surface area contributed by atoms with Crippen LogP contribution in [-0.2, 0) is 19.6 Å². The van der Waals surface area contributed by atoms with Gasteiger partial charge < -0.3 is 10.1 Å². The maximum Gasteiger partial charge on any atom is 0.305 e. The Balaban J connectivity index is 2.35. The molecule has 0 unspecified atom stereocenters. The molecule has 1 aliphatic heterocycles. The number of methoxy groups -OCH3 is 1. The molecule has 6 nitrogen and oxygen atoms in total. The molecule has 0 aromatic heterocycles. The Bertz CT molecular complexity index is 377. The number of nitrogens with zero attached hydrogens (tertiary/aromatic N) is 1. The summed E-state index contributed by atoms with van der Waals surface area (Å²) in [6.07, 6.45) is 2.49. The van der Waals surface area contributed by atoms with E-state index in [1.54, 1.807) is 7.05 Å². The molecule has 1 rings (SSSR count). The van der Waals surface area contributed by atoms with Crippen LogP contribution >= 0.6 is 0 Å². The molecule has 19 heavy (non-hydrogen) atoms. The van der Waals surface area contributed by atoms with Crippen molar-refractivity contribution in [2.75, 3.05) is 39.5 Å². The summed E-state index contributed by atoms with van der Waals surface area (Å²) in [5.74, 6) is 0.0710. The maximum absolute atomic E-state index is 12.0. The van der Waals surface area contributed by atoms with E-state index in [1.165, 1.54) is 11.4 Å². The number of piperidine rings is 1. The van der Waals surface area contributed by atoms with Crippen LogP contribution < -0.4 is 5.32 Å². The molecule has 0 amide bonds. The van der Waals surface area contributed by atoms with Crippen LogP contribution in [0.2, 0.25) is 0 Å². The van der Waals surface area contributed by atoms with Crippen LogP contribution in [0, 0.1) is 5.92 Å². The first-order chi connectivity index (χ1) is 8.95. The van der Waals surface area contributed by atoms with Gasteiger partial charge in [-0.25, -0.2) is 12.7 Å². The number of carbonyl (C=O) groups excluding carboxylic acids is 1. The maximum atomic E-state index is 12.0. The lowest BCUT2D eigenvalue weighted by atomic mass is 9.98. The van der Waals surface area contributed by atoms with Gasteiger partial charge >= 0.3 is 5.97 Å². The van der Waals surface area contributed by atoms with Crippen molar-refractivity contribution >= 4 is 16.0 Å². The zero-order valence-corrected chi connectivity index (χ0v) is 12.5. The van der Waals surface area contributed by atoms with E-state index in [2.05, 4.69) is 10.1 Å². The van der Waals surface area contributed by atoms with Gasteiger partial charge in [0, 0.05) is 20.0 Å². The van der Waals surface area contributed by atoms with E-state index in [4.69, 9.17) is 0 Å². The van der Waals surface area contributed by atoms with Crippen LogP contribution in [0.25, 0.3) is 0 Å². The summed E-state index contributed by atoms with van der Waals surface area (Å²) in [5.41, 5.74) is 0. The van der Waals surface area contributed by atoms with Gasteiger partial charge in [0.2, 0.25) is 10.0 Å². The van der Waals surface area contributed by atoms with E-state index < -0.39 is 10.0 Å². The lowest BCUT2D eigenvalue weighted by Crippen LogP contribution is -2.38. The number of rotatable bonds is 7. The molecule has 1 aliphatic rings. The summed E-state index contributed by atoms with van der Waals surface area (Å²) in [6.45, 7) is 2.49. The molecule has 0 aromatic rings. The van der Waals surface area contributed by atoms with Crippen LogP contribution in [0.1, 0.15) is 25.7 Å². The van der Waals surface area contributed by atoms with Gasteiger partial charge in [0.15, 0.2) is 0 Å². The number of carbonyl (C=O) groups is 1. The SMILES string of the molecule is COC(=O)CCCS(=O)(=O)N(C)CC1CCNCC1. The Morgan fingerprint density at radius 1 is 1.37 bits per heavy atom. The van der Waals surface area contributed by atoms with Gasteiger partial charge in [-0.1, -0.05) is 0 Å². The lowest BCUT2D eigenvalue weighted by Gasteiger charge is -2.27. The Morgan fingerprint density at radius 3 is 2.58 bits per heavy atom. The molecular weight excluding hydrogens is 268 g/mol. The summed E-state index contributed by atoms with van der Waals surface area (Å²) in [4.78, 5) is 10.9. The third-order valence-corrected chi connectivity index (χ3v) is 5.36. The summed E-state index contributed by atoms with van der Waals surface area (Å²) in [5, 5.41) is 3.26. The van der Waals surface area contributed by atoms with Crippen molar-refractivity contribution < 1.29 is 17.9 Å². The number of hydrogen-bond donors (Lipinski definition) is 1. The predicted octanol–water partition coefficient (Wildman–Crippen LogP) is 0.201. The van der Waals surface area contributed by atoms with Crippen molar-refractivity contribution in [1.82, 2.24) is 9.62 Å². The van der Waals surface area contributed by atoms with Crippen molar-refractivity contribution in [2.24, 2.45) is 5.92 Å². The summed E-state index contributed by atoms with van der Waals surface area (Å²) in [7, 11) is -0.332. The van der Waals surface area contributed by atoms with Crippen molar-refractivity contribution in [3.05, 3.63) is 0 Å². The highest BCUT2D eigenvalue weighted by atomic mass is 32.2. The fourth-order valence-electron chi connectivity index (χ4n) is 2.20. The van der Waals surface area contributed by atoms with E-state index >= 15 is 0 Å². The highest BCUT2D eigenvalue weighted by Crippen LogP contribution is 2.15. The van der Waals surface area contributed by atoms with Crippen LogP contribution in [0.3, 0.4) is 0 Å². The van der Waals surface area contributed by atoms with E-state index in [9.17, 15) is 13.2 Å². The zero-order valence-electron chi connectivity index (χ0n) is 11.7. The minimum absolute atomic E-state index is 0.00354. The van der Waals surface area contributed by atoms with Gasteiger partial charge in [-0.3, -0.25) is 4.79 Å². The fraction of sp³-hybridized carbons (Fsp3) is 0.917. The van der Waals surface area contributed by atoms with E-state index in [0.717, 1.165) is 25.9 Å². The molecular formula is C12H24N2O4S. The molecule has 1 N–H and O–H groups in total. The minimum atomic E-state index is -3.26. The van der Waals surface area contributed by atoms with Gasteiger partial charge in [-0.15, -0.1) is 0 Å². The molecule has 7 heteroatoms. The molecule has 0 bridgehead atoms. The molecule has 0 aromatic carbocycles. The second-order valence-corrected chi connectivity index (χ2v) is 7.16. The monoisotopic (exact) mass is 292 g/mol. The quantitative estimate of drug-likeness (QED) is 0.679. The summed E-state index contributed by atoms with van der Waals surface area (Å²) >= 11 is 0. The van der Waals surface area contributed by atoms with Gasteiger partial charge in [-0.2, -0.15) is 0 Å². The van der Waals surface area contributed by atoms with E-state index in [-0.39, 0.29) is 18.1 Å². The smallest absolute Gasteiger partial charge is 0.305 e. The minimum Gasteiger partial charge on any atom is -0.469 e. The second kappa shape index (κ2) is 7.81. The van der Waals surface area contributed by atoms with Crippen LogP contribution in [0.15, 0.2) is 0 Å². The molecule has 0 atom stereocenters. The normalized spacial score (nSPS) is 17.6. The largest absolute Gasteiger partial charge is 0.469 e. The molecule has 0 radical (unpaired) electrons. The van der Waals surface area contributed by atoms with Crippen molar-refractivity contribution in [3.8, 4) is 0 Å². The van der Waals surface area contributed by atoms with E-state index in [1.807, 2.05) is 0 Å². The fourth-order valence-corrected chi connectivity index (χ4v) is 3.46. The van der Waals surface area contributed by atoms with Gasteiger partial charge in [-0.05, 0) is 38.3 Å². The van der Waals surface area contributed by atoms with Gasteiger partial charge in [0.25, 0.3) is 0 Å². The van der Waals surface area contributed by atoms with Gasteiger partial charge in [0.1, 0.15) is 0 Å². The summed E-state index contributed by atoms with van der Waals surface area (Å²) in [6, 6.07) is 0. The Kier molecular flexibility index (Phi) is 6.74. The molecule has 1 fully saturated rings. The topological polar surface area (TPSA) is 75.7 Å². The number of esters is 1. The zero-order chi connectivity index (χ0) is 14.3. The van der Waals surface area contributed by atoms with Crippen LogP contribution in [0.5, 0.6) is 0 Å². The molecule has 112 valence electrons. The molecule has 1 heterocycles. The van der Waals surface area contributed by atoms with Crippen LogP contribution in [0.4, 0.5) is 0 Å². The number of sulfonamides is 1. The average molecular weight is 292 g/mol. The average Bonchev–Trinajstić information content (AvgIpc) is 2.39. The first kappa shape index (κ1) is 16.4. The highest BCUT2D eigenvalue weighted by molar-refractivity contribution is 7.89. The third-order valence-electron chi connectivity index (χ3n) is 3.46.